The number of nitrogens with zero attached hydrogens (tertiary/aromatic N) is 1. The fourth-order valence-corrected chi connectivity index (χ4v) is 0.903. The number of rotatable bonds is 0. The fourth-order valence-electron chi connectivity index (χ4n) is 0.436. The molecule has 1 heterocycles. The zero-order chi connectivity index (χ0) is 7.72. The van der Waals surface area contributed by atoms with Gasteiger partial charge < -0.3 is 5.11 Å². The Morgan fingerprint density at radius 1 is 1.20 bits per heavy atom. The minimum atomic E-state index is -0.170. The lowest BCUT2D eigenvalue weighted by Gasteiger charge is -1.96. The van der Waals surface area contributed by atoms with E-state index in [-0.39, 0.29) is 21.1 Å². The van der Waals surface area contributed by atoms with Crippen LogP contribution in [0.3, 0.4) is 0 Å². The Labute approximate surface area is 72.4 Å². The molecule has 0 radical (unpaired) electrons. The molecule has 5 heteroatoms. The summed E-state index contributed by atoms with van der Waals surface area (Å²) in [6.07, 6.45) is 0. The quantitative estimate of drug-likeness (QED) is 0.650. The summed E-state index contributed by atoms with van der Waals surface area (Å²) in [6.45, 7) is 0. The van der Waals surface area contributed by atoms with Crippen LogP contribution in [0.5, 0.6) is 5.75 Å². The van der Waals surface area contributed by atoms with E-state index >= 15 is 0 Å². The largest absolute Gasteiger partial charge is 0.505 e. The third kappa shape index (κ3) is 1.45. The SMILES string of the molecule is Oc1cc(Cl)c(Cl)nc1Cl. The Kier molecular flexibility index (Phi) is 2.24. The van der Waals surface area contributed by atoms with Crippen molar-refractivity contribution in [3.63, 3.8) is 0 Å². The summed E-state index contributed by atoms with van der Waals surface area (Å²) >= 11 is 16.3. The fraction of sp³-hybridized carbons (Fsp3) is 0. The molecule has 0 saturated heterocycles. The highest BCUT2D eigenvalue weighted by Crippen LogP contribution is 2.29. The van der Waals surface area contributed by atoms with Gasteiger partial charge in [0.05, 0.1) is 5.02 Å². The summed E-state index contributed by atoms with van der Waals surface area (Å²) in [5.41, 5.74) is 0. The van der Waals surface area contributed by atoms with Gasteiger partial charge in [-0.05, 0) is 0 Å². The van der Waals surface area contributed by atoms with Crippen LogP contribution in [0, 0.1) is 0 Å². The van der Waals surface area contributed by atoms with Gasteiger partial charge in [0.2, 0.25) is 0 Å². The van der Waals surface area contributed by atoms with Gasteiger partial charge in [0.15, 0.2) is 10.9 Å². The van der Waals surface area contributed by atoms with Crippen molar-refractivity contribution in [1.82, 2.24) is 4.98 Å². The summed E-state index contributed by atoms with van der Waals surface area (Å²) in [6, 6.07) is 1.24. The van der Waals surface area contributed by atoms with E-state index < -0.39 is 0 Å². The summed E-state index contributed by atoms with van der Waals surface area (Å²) < 4.78 is 0. The first kappa shape index (κ1) is 7.92. The van der Waals surface area contributed by atoms with Crippen molar-refractivity contribution in [3.05, 3.63) is 21.4 Å². The molecule has 0 aliphatic heterocycles. The maximum atomic E-state index is 8.89. The van der Waals surface area contributed by atoms with Gasteiger partial charge in [-0.25, -0.2) is 4.98 Å². The second kappa shape index (κ2) is 2.82. The van der Waals surface area contributed by atoms with E-state index in [1.807, 2.05) is 0 Å². The molecule has 0 aliphatic rings. The van der Waals surface area contributed by atoms with Gasteiger partial charge in [0.25, 0.3) is 0 Å². The third-order valence-corrected chi connectivity index (χ3v) is 1.82. The van der Waals surface area contributed by atoms with E-state index in [1.165, 1.54) is 6.07 Å². The first-order chi connectivity index (χ1) is 4.61. The van der Waals surface area contributed by atoms with Gasteiger partial charge >= 0.3 is 0 Å². The minimum Gasteiger partial charge on any atom is -0.505 e. The molecule has 0 unspecified atom stereocenters. The molecular formula is C5H2Cl3NO. The Morgan fingerprint density at radius 2 is 1.80 bits per heavy atom. The molecule has 1 aromatic heterocycles. The van der Waals surface area contributed by atoms with Crippen LogP contribution in [0.25, 0.3) is 0 Å². The minimum absolute atomic E-state index is 0.0469. The average Bonchev–Trinajstić information content (AvgIpc) is 1.84. The van der Waals surface area contributed by atoms with E-state index in [4.69, 9.17) is 39.9 Å². The van der Waals surface area contributed by atoms with Crippen LogP contribution < -0.4 is 0 Å². The van der Waals surface area contributed by atoms with Crippen molar-refractivity contribution in [2.75, 3.05) is 0 Å². The predicted octanol–water partition coefficient (Wildman–Crippen LogP) is 2.75. The first-order valence-electron chi connectivity index (χ1n) is 2.32. The Hall–Kier alpha value is -0.180. The van der Waals surface area contributed by atoms with Crippen molar-refractivity contribution in [1.29, 1.82) is 0 Å². The summed E-state index contributed by atoms with van der Waals surface area (Å²) in [7, 11) is 0. The molecule has 54 valence electrons. The maximum Gasteiger partial charge on any atom is 0.172 e. The lowest BCUT2D eigenvalue weighted by Crippen LogP contribution is -1.78. The van der Waals surface area contributed by atoms with E-state index in [1.54, 1.807) is 0 Å². The van der Waals surface area contributed by atoms with E-state index in [9.17, 15) is 0 Å². The second-order valence-electron chi connectivity index (χ2n) is 1.57. The van der Waals surface area contributed by atoms with Gasteiger partial charge in [-0.15, -0.1) is 0 Å². The van der Waals surface area contributed by atoms with Crippen LogP contribution in [-0.2, 0) is 0 Å². The number of aromatic hydroxyl groups is 1. The molecule has 0 amide bonds. The van der Waals surface area contributed by atoms with Crippen molar-refractivity contribution >= 4 is 34.8 Å². The third-order valence-electron chi connectivity index (χ3n) is 0.868. The molecule has 1 rings (SSSR count). The summed E-state index contributed by atoms with van der Waals surface area (Å²) in [5.74, 6) is -0.170. The van der Waals surface area contributed by atoms with Gasteiger partial charge in [0.1, 0.15) is 5.15 Å². The Bertz CT molecular complexity index is 213. The van der Waals surface area contributed by atoms with Crippen LogP contribution in [0.2, 0.25) is 15.3 Å². The Balaban J connectivity index is 3.28. The number of aromatic nitrogens is 1. The van der Waals surface area contributed by atoms with Crippen LogP contribution in [-0.4, -0.2) is 10.1 Å². The van der Waals surface area contributed by atoms with Gasteiger partial charge in [0, 0.05) is 6.07 Å². The highest BCUT2D eigenvalue weighted by molar-refractivity contribution is 6.42. The smallest absolute Gasteiger partial charge is 0.172 e. The molecule has 0 saturated carbocycles. The summed E-state index contributed by atoms with van der Waals surface area (Å²) in [5, 5.41) is 9.11. The zero-order valence-corrected chi connectivity index (χ0v) is 6.87. The monoisotopic (exact) mass is 197 g/mol. The van der Waals surface area contributed by atoms with Gasteiger partial charge in [-0.2, -0.15) is 0 Å². The lowest BCUT2D eigenvalue weighted by atomic mass is 10.5. The lowest BCUT2D eigenvalue weighted by molar-refractivity contribution is 0.473. The average molecular weight is 198 g/mol. The topological polar surface area (TPSA) is 33.1 Å². The first-order valence-corrected chi connectivity index (χ1v) is 3.45. The molecule has 10 heavy (non-hydrogen) atoms. The second-order valence-corrected chi connectivity index (χ2v) is 2.69. The number of halogens is 3. The number of hydrogen-bond acceptors (Lipinski definition) is 2. The maximum absolute atomic E-state index is 8.89. The van der Waals surface area contributed by atoms with Crippen molar-refractivity contribution in [3.8, 4) is 5.75 Å². The normalized spacial score (nSPS) is 9.90. The Morgan fingerprint density at radius 3 is 2.30 bits per heavy atom. The van der Waals surface area contributed by atoms with Crippen LogP contribution in [0.15, 0.2) is 6.07 Å². The van der Waals surface area contributed by atoms with Crippen molar-refractivity contribution < 1.29 is 5.11 Å². The summed E-state index contributed by atoms with van der Waals surface area (Å²) in [4.78, 5) is 3.52. The number of pyridine rings is 1. The standard InChI is InChI=1S/C5H2Cl3NO/c6-2-1-3(10)5(8)9-4(2)7/h1,10H. The van der Waals surface area contributed by atoms with Crippen LogP contribution >= 0.6 is 34.8 Å². The molecule has 0 aromatic carbocycles. The van der Waals surface area contributed by atoms with Crippen LogP contribution in [0.1, 0.15) is 0 Å². The molecule has 0 spiro atoms. The van der Waals surface area contributed by atoms with E-state index in [2.05, 4.69) is 4.98 Å². The predicted molar refractivity (Wildman–Crippen MR) is 40.9 cm³/mol. The van der Waals surface area contributed by atoms with Crippen LogP contribution in [0.4, 0.5) is 0 Å². The molecular weight excluding hydrogens is 196 g/mol. The number of hydrogen-bond donors (Lipinski definition) is 1. The molecule has 1 N–H and O–H groups in total. The zero-order valence-electron chi connectivity index (χ0n) is 4.61. The molecule has 0 aliphatic carbocycles. The molecule has 0 atom stereocenters. The molecule has 2 nitrogen and oxygen atoms in total. The van der Waals surface area contributed by atoms with E-state index in [0.717, 1.165) is 0 Å². The molecule has 1 aromatic rings. The molecule has 0 fully saturated rings. The highest BCUT2D eigenvalue weighted by Gasteiger charge is 2.04. The van der Waals surface area contributed by atoms with Gasteiger partial charge in [-0.1, -0.05) is 34.8 Å². The molecule has 0 bridgehead atoms. The van der Waals surface area contributed by atoms with Crippen molar-refractivity contribution in [2.24, 2.45) is 0 Å². The highest BCUT2D eigenvalue weighted by atomic mass is 35.5. The van der Waals surface area contributed by atoms with E-state index in [0.29, 0.717) is 0 Å². The van der Waals surface area contributed by atoms with Crippen molar-refractivity contribution in [2.45, 2.75) is 0 Å². The van der Waals surface area contributed by atoms with Gasteiger partial charge in [-0.3, -0.25) is 0 Å².